The number of carbonyl (C=O) groups excluding carboxylic acids is 3. The van der Waals surface area contributed by atoms with Crippen molar-refractivity contribution >= 4 is 45.1 Å². The predicted molar refractivity (Wildman–Crippen MR) is 156 cm³/mol. The van der Waals surface area contributed by atoms with E-state index in [4.69, 9.17) is 11.6 Å². The molecule has 8 nitrogen and oxygen atoms in total. The lowest BCUT2D eigenvalue weighted by Gasteiger charge is -2.28. The monoisotopic (exact) mass is 620 g/mol. The zero-order chi connectivity index (χ0) is 28.4. The maximum atomic E-state index is 13.7. The zero-order valence-corrected chi connectivity index (χ0v) is 24.0. The molecule has 5 rings (SSSR count). The summed E-state index contributed by atoms with van der Waals surface area (Å²) >= 11 is 9.57. The second-order valence-corrected chi connectivity index (χ2v) is 10.7. The smallest absolute Gasteiger partial charge is 0.333 e. The van der Waals surface area contributed by atoms with Gasteiger partial charge >= 0.3 is 5.69 Å². The minimum atomic E-state index is -0.456. The number of imidazole rings is 1. The van der Waals surface area contributed by atoms with Crippen LogP contribution in [0.15, 0.2) is 82.1 Å². The van der Waals surface area contributed by atoms with E-state index in [1.807, 2.05) is 30.3 Å². The van der Waals surface area contributed by atoms with Gasteiger partial charge in [-0.2, -0.15) is 0 Å². The molecule has 1 N–H and O–H groups in total. The number of halogens is 2. The molecule has 2 heterocycles. The number of carbonyl (C=O) groups is 3. The third-order valence-corrected chi connectivity index (χ3v) is 8.12. The maximum absolute atomic E-state index is 13.7. The summed E-state index contributed by atoms with van der Waals surface area (Å²) < 4.78 is 3.55. The van der Waals surface area contributed by atoms with Crippen molar-refractivity contribution in [2.45, 2.75) is 33.0 Å². The highest BCUT2D eigenvalue weighted by Crippen LogP contribution is 2.26. The molecule has 0 aliphatic carbocycles. The van der Waals surface area contributed by atoms with E-state index in [0.29, 0.717) is 38.4 Å². The molecule has 1 aliphatic heterocycles. The van der Waals surface area contributed by atoms with Crippen LogP contribution >= 0.6 is 27.5 Å². The van der Waals surface area contributed by atoms with Crippen LogP contribution in [0.4, 0.5) is 0 Å². The lowest BCUT2D eigenvalue weighted by Crippen LogP contribution is -2.41. The fourth-order valence-electron chi connectivity index (χ4n) is 4.80. The first-order chi connectivity index (χ1) is 19.3. The molecule has 0 saturated heterocycles. The summed E-state index contributed by atoms with van der Waals surface area (Å²) in [7, 11) is 0. The number of rotatable bonds is 7. The summed E-state index contributed by atoms with van der Waals surface area (Å²) in [5.74, 6) is -0.783. The van der Waals surface area contributed by atoms with Gasteiger partial charge in [0.1, 0.15) is 5.69 Å². The highest BCUT2D eigenvalue weighted by atomic mass is 79.9. The molecule has 0 radical (unpaired) electrons. The number of hydrogen-bond donors (Lipinski definition) is 1. The van der Waals surface area contributed by atoms with Crippen LogP contribution in [0.5, 0.6) is 0 Å². The van der Waals surface area contributed by atoms with Gasteiger partial charge in [0, 0.05) is 41.7 Å². The van der Waals surface area contributed by atoms with Gasteiger partial charge in [-0.15, -0.1) is 0 Å². The quantitative estimate of drug-likeness (QED) is 0.286. The van der Waals surface area contributed by atoms with Gasteiger partial charge in [0.2, 0.25) is 0 Å². The topological polar surface area (TPSA) is 93.4 Å². The van der Waals surface area contributed by atoms with E-state index >= 15 is 0 Å². The number of ketones is 1. The van der Waals surface area contributed by atoms with Crippen molar-refractivity contribution < 1.29 is 14.4 Å². The van der Waals surface area contributed by atoms with Crippen LogP contribution < -0.4 is 11.0 Å². The van der Waals surface area contributed by atoms with Crippen LogP contribution in [0.3, 0.4) is 0 Å². The van der Waals surface area contributed by atoms with Gasteiger partial charge in [-0.1, -0.05) is 61.0 Å². The summed E-state index contributed by atoms with van der Waals surface area (Å²) in [5.41, 5.74) is 2.32. The molecule has 4 aromatic rings. The third-order valence-electron chi connectivity index (χ3n) is 6.89. The minimum Gasteiger partial charge on any atom is -0.347 e. The van der Waals surface area contributed by atoms with Gasteiger partial charge in [0.15, 0.2) is 5.78 Å². The Morgan fingerprint density at radius 3 is 2.45 bits per heavy atom. The van der Waals surface area contributed by atoms with Crippen molar-refractivity contribution in [3.05, 3.63) is 121 Å². The fraction of sp³-hybridized carbons (Fsp3) is 0.200. The number of amides is 2. The number of nitrogens with zero attached hydrogens (tertiary/aromatic N) is 3. The lowest BCUT2D eigenvalue weighted by atomic mass is 10.1. The van der Waals surface area contributed by atoms with Crippen molar-refractivity contribution in [3.8, 4) is 5.69 Å². The second-order valence-electron chi connectivity index (χ2n) is 9.42. The van der Waals surface area contributed by atoms with Gasteiger partial charge in [0.05, 0.1) is 22.9 Å². The maximum Gasteiger partial charge on any atom is 0.333 e. The molecule has 3 aromatic carbocycles. The average molecular weight is 622 g/mol. The Hall–Kier alpha value is -3.95. The molecule has 2 amide bonds. The number of benzene rings is 3. The summed E-state index contributed by atoms with van der Waals surface area (Å²) in [6.07, 6.45) is 0.312. The van der Waals surface area contributed by atoms with Gasteiger partial charge in [-0.05, 0) is 51.8 Å². The van der Waals surface area contributed by atoms with E-state index in [9.17, 15) is 19.2 Å². The van der Waals surface area contributed by atoms with Gasteiger partial charge in [-0.3, -0.25) is 23.5 Å². The van der Waals surface area contributed by atoms with Gasteiger partial charge < -0.3 is 10.2 Å². The number of nitrogens with one attached hydrogen (secondary N) is 1. The number of Topliss-reactive ketones (excluding diaryl/α,β-unsaturated/α-hetero) is 1. The number of hydrogen-bond acceptors (Lipinski definition) is 4. The SMILES string of the molecule is CCC(=O)c1cccc(-n2c(C(=O)NCc3ccccc3)c3n(c2=O)CCN(C(=O)c2ccc(Br)c(Cl)c2)C3)c1. The fourth-order valence-corrected chi connectivity index (χ4v) is 5.23. The Labute approximate surface area is 244 Å². The molecule has 0 unspecified atom stereocenters. The Balaban J connectivity index is 1.57. The molecule has 204 valence electrons. The Morgan fingerprint density at radius 1 is 0.950 bits per heavy atom. The van der Waals surface area contributed by atoms with Gasteiger partial charge in [0.25, 0.3) is 11.8 Å². The van der Waals surface area contributed by atoms with E-state index in [-0.39, 0.29) is 43.6 Å². The van der Waals surface area contributed by atoms with Crippen LogP contribution in [0.1, 0.15) is 55.8 Å². The highest BCUT2D eigenvalue weighted by Gasteiger charge is 2.32. The number of fused-ring (bicyclic) bond motifs is 1. The van der Waals surface area contributed by atoms with E-state index in [2.05, 4.69) is 21.2 Å². The van der Waals surface area contributed by atoms with Crippen LogP contribution in [-0.2, 0) is 19.6 Å². The molecule has 10 heteroatoms. The Bertz CT molecular complexity index is 1680. The van der Waals surface area contributed by atoms with Crippen molar-refractivity contribution in [2.24, 2.45) is 0 Å². The normalized spacial score (nSPS) is 12.6. The molecule has 0 atom stereocenters. The Morgan fingerprint density at radius 2 is 1.73 bits per heavy atom. The van der Waals surface area contributed by atoms with E-state index < -0.39 is 11.6 Å². The standard InChI is InChI=1S/C30H26BrClN4O4/c1-2-26(37)20-9-6-10-22(15-20)36-27(28(38)33-17-19-7-4-3-5-8-19)25-18-34(13-14-35(25)30(36)40)29(39)21-11-12-23(31)24(32)16-21/h3-12,15-16H,2,13-14,17-18H2,1H3,(H,33,38). The first-order valence-corrected chi connectivity index (χ1v) is 14.0. The van der Waals surface area contributed by atoms with Crippen molar-refractivity contribution in [1.29, 1.82) is 0 Å². The molecule has 0 fully saturated rings. The highest BCUT2D eigenvalue weighted by molar-refractivity contribution is 9.10. The summed E-state index contributed by atoms with van der Waals surface area (Å²) in [4.78, 5) is 54.9. The van der Waals surface area contributed by atoms with Crippen molar-refractivity contribution in [3.63, 3.8) is 0 Å². The third kappa shape index (κ3) is 5.39. The van der Waals surface area contributed by atoms with Crippen LogP contribution in [0.25, 0.3) is 5.69 Å². The molecular weight excluding hydrogens is 596 g/mol. The summed E-state index contributed by atoms with van der Waals surface area (Å²) in [6, 6.07) is 21.1. The first kappa shape index (κ1) is 27.6. The minimum absolute atomic E-state index is 0.0520. The molecule has 1 aliphatic rings. The van der Waals surface area contributed by atoms with Crippen LogP contribution in [0.2, 0.25) is 5.02 Å². The number of aromatic nitrogens is 2. The van der Waals surface area contributed by atoms with Crippen molar-refractivity contribution in [2.75, 3.05) is 6.54 Å². The average Bonchev–Trinajstić information content (AvgIpc) is 3.28. The zero-order valence-electron chi connectivity index (χ0n) is 21.7. The molecule has 1 aromatic heterocycles. The lowest BCUT2D eigenvalue weighted by molar-refractivity contribution is 0.0706. The van der Waals surface area contributed by atoms with Crippen molar-refractivity contribution in [1.82, 2.24) is 19.4 Å². The molecule has 0 saturated carbocycles. The van der Waals surface area contributed by atoms with Crippen LogP contribution in [0, 0.1) is 0 Å². The molecule has 0 bridgehead atoms. The van der Waals surface area contributed by atoms with Crippen LogP contribution in [-0.4, -0.2) is 38.2 Å². The van der Waals surface area contributed by atoms with E-state index in [1.54, 1.807) is 54.3 Å². The van der Waals surface area contributed by atoms with E-state index in [1.165, 1.54) is 9.13 Å². The summed E-state index contributed by atoms with van der Waals surface area (Å²) in [5, 5.41) is 3.33. The largest absolute Gasteiger partial charge is 0.347 e. The second kappa shape index (κ2) is 11.7. The molecule has 40 heavy (non-hydrogen) atoms. The molecule has 0 spiro atoms. The first-order valence-electron chi connectivity index (χ1n) is 12.8. The van der Waals surface area contributed by atoms with E-state index in [0.717, 1.165) is 5.56 Å². The predicted octanol–water partition coefficient (Wildman–Crippen LogP) is 5.23. The summed E-state index contributed by atoms with van der Waals surface area (Å²) in [6.45, 7) is 2.57. The van der Waals surface area contributed by atoms with Gasteiger partial charge in [-0.25, -0.2) is 4.79 Å². The Kier molecular flexibility index (Phi) is 8.04. The molecular formula is C30H26BrClN4O4.